The lowest BCUT2D eigenvalue weighted by Gasteiger charge is -2.07. The fourth-order valence-electron chi connectivity index (χ4n) is 2.28. The second-order valence-electron chi connectivity index (χ2n) is 4.66. The van der Waals surface area contributed by atoms with E-state index in [1.54, 1.807) is 18.2 Å². The van der Waals surface area contributed by atoms with Gasteiger partial charge in [0.25, 0.3) is 0 Å². The predicted octanol–water partition coefficient (Wildman–Crippen LogP) is 5.48. The molecule has 1 heterocycles. The normalized spacial score (nSPS) is 11.0. The van der Waals surface area contributed by atoms with Gasteiger partial charge in [0, 0.05) is 32.7 Å². The summed E-state index contributed by atoms with van der Waals surface area (Å²) in [6, 6.07) is 12.4. The number of fused-ring (bicyclic) bond motifs is 1. The molecule has 106 valence electrons. The lowest BCUT2D eigenvalue weighted by atomic mass is 10.1. The molecule has 0 aliphatic heterocycles. The molecule has 0 saturated carbocycles. The molecular formula is C16H10Cl3NO. The van der Waals surface area contributed by atoms with Crippen molar-refractivity contribution in [1.29, 1.82) is 0 Å². The molecule has 3 rings (SSSR count). The van der Waals surface area contributed by atoms with Crippen LogP contribution in [0.2, 0.25) is 15.1 Å². The van der Waals surface area contributed by atoms with Crippen molar-refractivity contribution in [2.24, 2.45) is 0 Å². The van der Waals surface area contributed by atoms with Gasteiger partial charge in [-0.25, -0.2) is 0 Å². The molecule has 0 radical (unpaired) electrons. The van der Waals surface area contributed by atoms with E-state index in [1.165, 1.54) is 0 Å². The molecule has 0 spiro atoms. The van der Waals surface area contributed by atoms with Crippen molar-refractivity contribution in [3.8, 4) is 0 Å². The number of carbonyl (C=O) groups excluding carboxylic acids is 1. The molecule has 3 aromatic rings. The minimum Gasteiger partial charge on any atom is -0.340 e. The van der Waals surface area contributed by atoms with Gasteiger partial charge in [0.1, 0.15) is 0 Å². The molecule has 0 atom stereocenters. The van der Waals surface area contributed by atoms with E-state index in [1.807, 2.05) is 35.0 Å². The van der Waals surface area contributed by atoms with Crippen molar-refractivity contribution in [1.82, 2.24) is 4.57 Å². The van der Waals surface area contributed by atoms with Gasteiger partial charge >= 0.3 is 0 Å². The van der Waals surface area contributed by atoms with Gasteiger partial charge < -0.3 is 4.57 Å². The van der Waals surface area contributed by atoms with Gasteiger partial charge in [-0.3, -0.25) is 4.79 Å². The summed E-state index contributed by atoms with van der Waals surface area (Å²) in [5.41, 5.74) is 1.38. The van der Waals surface area contributed by atoms with E-state index in [0.29, 0.717) is 20.6 Å². The SMILES string of the molecule is O=C(Cn1ccc2c(Cl)cccc21)c1ccc(Cl)cc1Cl. The average Bonchev–Trinajstić information content (AvgIpc) is 2.83. The highest BCUT2D eigenvalue weighted by molar-refractivity contribution is 6.37. The van der Waals surface area contributed by atoms with E-state index >= 15 is 0 Å². The highest BCUT2D eigenvalue weighted by Gasteiger charge is 2.13. The molecule has 1 aromatic heterocycles. The summed E-state index contributed by atoms with van der Waals surface area (Å²) in [7, 11) is 0. The largest absolute Gasteiger partial charge is 0.340 e. The number of Topliss-reactive ketones (excluding diaryl/α,β-unsaturated/α-hetero) is 1. The monoisotopic (exact) mass is 337 g/mol. The van der Waals surface area contributed by atoms with Gasteiger partial charge in [-0.05, 0) is 36.4 Å². The van der Waals surface area contributed by atoms with Crippen molar-refractivity contribution in [3.05, 3.63) is 69.3 Å². The summed E-state index contributed by atoms with van der Waals surface area (Å²) in [6.45, 7) is 0.200. The Kier molecular flexibility index (Phi) is 3.94. The summed E-state index contributed by atoms with van der Waals surface area (Å²) >= 11 is 18.0. The molecule has 0 N–H and O–H groups in total. The summed E-state index contributed by atoms with van der Waals surface area (Å²) < 4.78 is 1.86. The van der Waals surface area contributed by atoms with E-state index in [4.69, 9.17) is 34.8 Å². The number of carbonyl (C=O) groups is 1. The Hall–Kier alpha value is -1.48. The molecule has 0 amide bonds. The van der Waals surface area contributed by atoms with Crippen LogP contribution in [-0.4, -0.2) is 10.4 Å². The molecule has 0 fully saturated rings. The maximum absolute atomic E-state index is 12.4. The first-order chi connectivity index (χ1) is 10.1. The van der Waals surface area contributed by atoms with Crippen LogP contribution in [0.3, 0.4) is 0 Å². The van der Waals surface area contributed by atoms with Crippen molar-refractivity contribution >= 4 is 51.5 Å². The summed E-state index contributed by atoms with van der Waals surface area (Å²) in [5, 5.41) is 2.47. The molecule has 0 aliphatic rings. The smallest absolute Gasteiger partial charge is 0.183 e. The second kappa shape index (κ2) is 5.72. The molecule has 21 heavy (non-hydrogen) atoms. The Balaban J connectivity index is 1.95. The minimum absolute atomic E-state index is 0.0749. The quantitative estimate of drug-likeness (QED) is 0.579. The van der Waals surface area contributed by atoms with E-state index in [-0.39, 0.29) is 12.3 Å². The highest BCUT2D eigenvalue weighted by atomic mass is 35.5. The van der Waals surface area contributed by atoms with Crippen LogP contribution in [0.15, 0.2) is 48.7 Å². The van der Waals surface area contributed by atoms with Crippen LogP contribution in [0.1, 0.15) is 10.4 Å². The number of halogens is 3. The molecule has 0 unspecified atom stereocenters. The Morgan fingerprint density at radius 1 is 1.00 bits per heavy atom. The first-order valence-corrected chi connectivity index (χ1v) is 7.41. The highest BCUT2D eigenvalue weighted by Crippen LogP contribution is 2.26. The van der Waals surface area contributed by atoms with Crippen LogP contribution in [0.4, 0.5) is 0 Å². The van der Waals surface area contributed by atoms with Gasteiger partial charge in [-0.15, -0.1) is 0 Å². The summed E-state index contributed by atoms with van der Waals surface area (Å²) in [5.74, 6) is -0.0749. The minimum atomic E-state index is -0.0749. The van der Waals surface area contributed by atoms with Gasteiger partial charge in [-0.1, -0.05) is 40.9 Å². The van der Waals surface area contributed by atoms with Crippen LogP contribution < -0.4 is 0 Å². The second-order valence-corrected chi connectivity index (χ2v) is 5.91. The molecule has 5 heteroatoms. The number of rotatable bonds is 3. The number of ketones is 1. The molecular weight excluding hydrogens is 329 g/mol. The summed E-state index contributed by atoms with van der Waals surface area (Å²) in [6.07, 6.45) is 1.85. The molecule has 0 saturated heterocycles. The van der Waals surface area contributed by atoms with Crippen molar-refractivity contribution in [2.45, 2.75) is 6.54 Å². The topological polar surface area (TPSA) is 22.0 Å². The Morgan fingerprint density at radius 2 is 1.81 bits per heavy atom. The molecule has 2 aromatic carbocycles. The van der Waals surface area contributed by atoms with Crippen molar-refractivity contribution in [3.63, 3.8) is 0 Å². The fraction of sp³-hybridized carbons (Fsp3) is 0.0625. The molecule has 0 bridgehead atoms. The van der Waals surface area contributed by atoms with Gasteiger partial charge in [0.2, 0.25) is 0 Å². The van der Waals surface area contributed by atoms with Crippen LogP contribution in [0.5, 0.6) is 0 Å². The van der Waals surface area contributed by atoms with Gasteiger partial charge in [0.15, 0.2) is 5.78 Å². The van der Waals surface area contributed by atoms with Crippen LogP contribution in [-0.2, 0) is 6.54 Å². The summed E-state index contributed by atoms with van der Waals surface area (Å²) in [4.78, 5) is 12.4. The van der Waals surface area contributed by atoms with E-state index in [0.717, 1.165) is 10.9 Å². The zero-order valence-electron chi connectivity index (χ0n) is 10.8. The maximum atomic E-state index is 12.4. The number of hydrogen-bond donors (Lipinski definition) is 0. The lowest BCUT2D eigenvalue weighted by Crippen LogP contribution is -2.10. The first kappa shape index (κ1) is 14.5. The first-order valence-electron chi connectivity index (χ1n) is 6.28. The molecule has 2 nitrogen and oxygen atoms in total. The van der Waals surface area contributed by atoms with Crippen LogP contribution >= 0.6 is 34.8 Å². The van der Waals surface area contributed by atoms with E-state index < -0.39 is 0 Å². The fourth-order valence-corrected chi connectivity index (χ4v) is 3.03. The van der Waals surface area contributed by atoms with E-state index in [9.17, 15) is 4.79 Å². The van der Waals surface area contributed by atoms with Gasteiger partial charge in [-0.2, -0.15) is 0 Å². The predicted molar refractivity (Wildman–Crippen MR) is 87.7 cm³/mol. The Morgan fingerprint density at radius 3 is 2.57 bits per heavy atom. The number of aromatic nitrogens is 1. The third-order valence-electron chi connectivity index (χ3n) is 3.31. The third-order valence-corrected chi connectivity index (χ3v) is 4.18. The Labute approximate surface area is 136 Å². The number of benzene rings is 2. The molecule has 0 aliphatic carbocycles. The Bertz CT molecular complexity index is 839. The zero-order valence-corrected chi connectivity index (χ0v) is 13.1. The van der Waals surface area contributed by atoms with Crippen LogP contribution in [0.25, 0.3) is 10.9 Å². The van der Waals surface area contributed by atoms with Crippen molar-refractivity contribution in [2.75, 3.05) is 0 Å². The van der Waals surface area contributed by atoms with Crippen LogP contribution in [0, 0.1) is 0 Å². The van der Waals surface area contributed by atoms with Crippen molar-refractivity contribution < 1.29 is 4.79 Å². The third kappa shape index (κ3) is 2.80. The lowest BCUT2D eigenvalue weighted by molar-refractivity contribution is 0.0974. The van der Waals surface area contributed by atoms with Gasteiger partial charge in [0.05, 0.1) is 11.6 Å². The standard InChI is InChI=1S/C16H10Cl3NO/c17-10-4-5-12(14(19)8-10)16(21)9-20-7-6-11-13(18)2-1-3-15(11)20/h1-8H,9H2. The number of nitrogens with zero attached hydrogens (tertiary/aromatic N) is 1. The zero-order chi connectivity index (χ0) is 15.0. The average molecular weight is 339 g/mol. The maximum Gasteiger partial charge on any atom is 0.183 e. The van der Waals surface area contributed by atoms with E-state index in [2.05, 4.69) is 0 Å². The number of hydrogen-bond acceptors (Lipinski definition) is 1.